The van der Waals surface area contributed by atoms with Crippen molar-refractivity contribution < 1.29 is 0 Å². The van der Waals surface area contributed by atoms with Crippen molar-refractivity contribution in [1.82, 2.24) is 24.1 Å². The maximum absolute atomic E-state index is 10.3. The number of para-hydroxylation sites is 2. The first-order valence-corrected chi connectivity index (χ1v) is 18.9. The largest absolute Gasteiger partial charge is 0.308 e. The number of nitrogens with zero attached hydrogens (tertiary/aromatic N) is 6. The summed E-state index contributed by atoms with van der Waals surface area (Å²) in [6.07, 6.45) is 0. The Balaban J connectivity index is 1.28. The fourth-order valence-corrected chi connectivity index (χ4v) is 8.13. The molecule has 3 heterocycles. The molecule has 6 nitrogen and oxygen atoms in total. The van der Waals surface area contributed by atoms with Gasteiger partial charge in [0.1, 0.15) is 5.82 Å². The minimum absolute atomic E-state index is 0.412. The van der Waals surface area contributed by atoms with E-state index >= 15 is 0 Å². The lowest BCUT2D eigenvalue weighted by Gasteiger charge is -2.20. The molecule has 0 bridgehead atoms. The highest BCUT2D eigenvalue weighted by Crippen LogP contribution is 2.42. The van der Waals surface area contributed by atoms with Crippen LogP contribution in [0.25, 0.3) is 88.9 Å². The summed E-state index contributed by atoms with van der Waals surface area (Å²) in [6, 6.07) is 59.1. The van der Waals surface area contributed by atoms with Crippen LogP contribution in [-0.4, -0.2) is 24.1 Å². The van der Waals surface area contributed by atoms with Crippen LogP contribution in [0.15, 0.2) is 164 Å². The van der Waals surface area contributed by atoms with Crippen molar-refractivity contribution in [3.8, 4) is 51.3 Å². The third-order valence-electron chi connectivity index (χ3n) is 10.7. The highest BCUT2D eigenvalue weighted by atomic mass is 15.2. The maximum atomic E-state index is 10.3. The third-order valence-corrected chi connectivity index (χ3v) is 10.7. The second kappa shape index (κ2) is 12.9. The molecule has 0 fully saturated rings. The van der Waals surface area contributed by atoms with E-state index in [0.717, 1.165) is 77.1 Å². The standard InChI is InChI=1S/C50H36N6/c1-50(2,3)48-52-47(53-49(54-48)56-41-25-13-11-21-38(41)46-36(23-15-27-44(46)56)34-18-8-5-9-19-34)39-30-32(31-51)28-29-42(39)55-40-24-12-10-20-37(40)45-35(22-14-26-43(45)55)33-16-6-4-7-17-33/h4-30H,1-3H3. The summed E-state index contributed by atoms with van der Waals surface area (Å²) in [5, 5.41) is 14.8. The Hall–Kier alpha value is -7.36. The summed E-state index contributed by atoms with van der Waals surface area (Å²) in [5.74, 6) is 1.69. The molecular formula is C50H36N6. The molecule has 10 rings (SSSR count). The SMILES string of the molecule is CC(C)(C)c1nc(-c2cc(C#N)ccc2-n2c3ccccc3c3c(-c4ccccc4)cccc32)nc(-n2c3ccccc3c3c(-c4ccccc4)cccc32)n1. The zero-order chi connectivity index (χ0) is 38.0. The van der Waals surface area contributed by atoms with Crippen LogP contribution in [0.4, 0.5) is 0 Å². The first kappa shape index (κ1) is 33.2. The molecule has 0 aliphatic rings. The Morgan fingerprint density at radius 1 is 0.482 bits per heavy atom. The zero-order valence-corrected chi connectivity index (χ0v) is 31.3. The van der Waals surface area contributed by atoms with Gasteiger partial charge in [0, 0.05) is 32.5 Å². The van der Waals surface area contributed by atoms with E-state index in [1.807, 2.05) is 30.3 Å². The number of aromatic nitrogens is 5. The fourth-order valence-electron chi connectivity index (χ4n) is 8.13. The summed E-state index contributed by atoms with van der Waals surface area (Å²) in [7, 11) is 0. The van der Waals surface area contributed by atoms with Crippen LogP contribution in [0, 0.1) is 11.3 Å². The van der Waals surface area contributed by atoms with E-state index in [1.165, 1.54) is 0 Å². The van der Waals surface area contributed by atoms with E-state index < -0.39 is 5.41 Å². The van der Waals surface area contributed by atoms with Crippen molar-refractivity contribution in [3.05, 3.63) is 175 Å². The smallest absolute Gasteiger partial charge is 0.238 e. The molecule has 0 aliphatic heterocycles. The number of fused-ring (bicyclic) bond motifs is 6. The molecule has 0 N–H and O–H groups in total. The molecule has 6 heteroatoms. The average molecular weight is 721 g/mol. The van der Waals surface area contributed by atoms with Gasteiger partial charge in [-0.1, -0.05) is 142 Å². The molecule has 0 saturated carbocycles. The van der Waals surface area contributed by atoms with Gasteiger partial charge in [-0.25, -0.2) is 4.98 Å². The number of hydrogen-bond donors (Lipinski definition) is 0. The molecule has 56 heavy (non-hydrogen) atoms. The summed E-state index contributed by atoms with van der Waals surface area (Å²) in [6.45, 7) is 6.37. The molecule has 3 aromatic heterocycles. The summed E-state index contributed by atoms with van der Waals surface area (Å²) < 4.78 is 4.46. The van der Waals surface area contributed by atoms with E-state index in [4.69, 9.17) is 15.0 Å². The molecule has 0 atom stereocenters. The van der Waals surface area contributed by atoms with Gasteiger partial charge in [0.15, 0.2) is 5.82 Å². The van der Waals surface area contributed by atoms with Crippen LogP contribution < -0.4 is 0 Å². The minimum atomic E-state index is -0.412. The van der Waals surface area contributed by atoms with Crippen LogP contribution in [0.3, 0.4) is 0 Å². The lowest BCUT2D eigenvalue weighted by molar-refractivity contribution is 0.540. The molecule has 0 saturated heterocycles. The summed E-state index contributed by atoms with van der Waals surface area (Å²) >= 11 is 0. The van der Waals surface area contributed by atoms with Crippen molar-refractivity contribution in [1.29, 1.82) is 5.26 Å². The Kier molecular flexibility index (Phi) is 7.65. The van der Waals surface area contributed by atoms with E-state index in [-0.39, 0.29) is 0 Å². The van der Waals surface area contributed by atoms with Gasteiger partial charge in [-0.15, -0.1) is 0 Å². The molecule has 0 aliphatic carbocycles. The topological polar surface area (TPSA) is 72.3 Å². The van der Waals surface area contributed by atoms with E-state index in [0.29, 0.717) is 23.2 Å². The van der Waals surface area contributed by atoms with E-state index in [2.05, 4.69) is 169 Å². The van der Waals surface area contributed by atoms with Gasteiger partial charge in [0.25, 0.3) is 0 Å². The Labute approximate surface area is 324 Å². The predicted octanol–water partition coefficient (Wildman–Crippen LogP) is 12.2. The molecule has 266 valence electrons. The predicted molar refractivity (Wildman–Crippen MR) is 228 cm³/mol. The van der Waals surface area contributed by atoms with Crippen LogP contribution >= 0.6 is 0 Å². The van der Waals surface area contributed by atoms with E-state index in [1.54, 1.807) is 0 Å². The van der Waals surface area contributed by atoms with Gasteiger partial charge >= 0.3 is 0 Å². The first-order chi connectivity index (χ1) is 27.4. The highest BCUT2D eigenvalue weighted by Gasteiger charge is 2.26. The van der Waals surface area contributed by atoms with Crippen molar-refractivity contribution in [2.75, 3.05) is 0 Å². The van der Waals surface area contributed by atoms with Crippen LogP contribution in [0.1, 0.15) is 32.2 Å². The third kappa shape index (κ3) is 5.28. The second-order valence-corrected chi connectivity index (χ2v) is 15.2. The highest BCUT2D eigenvalue weighted by molar-refractivity contribution is 6.17. The van der Waals surface area contributed by atoms with Crippen LogP contribution in [0.5, 0.6) is 0 Å². The quantitative estimate of drug-likeness (QED) is 0.177. The van der Waals surface area contributed by atoms with Crippen molar-refractivity contribution in [2.45, 2.75) is 26.2 Å². The molecule has 0 unspecified atom stereocenters. The van der Waals surface area contributed by atoms with Gasteiger partial charge in [-0.3, -0.25) is 4.57 Å². The molecule has 0 spiro atoms. The molecule has 7 aromatic carbocycles. The summed E-state index contributed by atoms with van der Waals surface area (Å²) in [4.78, 5) is 15.8. The van der Waals surface area contributed by atoms with Gasteiger partial charge < -0.3 is 4.57 Å². The zero-order valence-electron chi connectivity index (χ0n) is 31.3. The van der Waals surface area contributed by atoms with Crippen molar-refractivity contribution in [2.24, 2.45) is 0 Å². The number of hydrogen-bond acceptors (Lipinski definition) is 4. The first-order valence-electron chi connectivity index (χ1n) is 18.9. The molecule has 10 aromatic rings. The molecule has 0 radical (unpaired) electrons. The Morgan fingerprint density at radius 3 is 1.57 bits per heavy atom. The normalized spacial score (nSPS) is 11.8. The van der Waals surface area contributed by atoms with Gasteiger partial charge in [-0.2, -0.15) is 15.2 Å². The van der Waals surface area contributed by atoms with Crippen LogP contribution in [0.2, 0.25) is 0 Å². The Bertz CT molecular complexity index is 3180. The second-order valence-electron chi connectivity index (χ2n) is 15.2. The lowest BCUT2D eigenvalue weighted by atomic mass is 9.95. The van der Waals surface area contributed by atoms with Crippen molar-refractivity contribution in [3.63, 3.8) is 0 Å². The van der Waals surface area contributed by atoms with Crippen LogP contribution in [-0.2, 0) is 5.41 Å². The number of nitriles is 1. The lowest BCUT2D eigenvalue weighted by Crippen LogP contribution is -2.19. The minimum Gasteiger partial charge on any atom is -0.308 e. The van der Waals surface area contributed by atoms with Crippen molar-refractivity contribution >= 4 is 43.6 Å². The monoisotopic (exact) mass is 720 g/mol. The number of rotatable bonds is 5. The molecular weight excluding hydrogens is 685 g/mol. The maximum Gasteiger partial charge on any atom is 0.238 e. The van der Waals surface area contributed by atoms with Gasteiger partial charge in [0.2, 0.25) is 5.95 Å². The van der Waals surface area contributed by atoms with Gasteiger partial charge in [-0.05, 0) is 64.7 Å². The molecule has 0 amide bonds. The van der Waals surface area contributed by atoms with Gasteiger partial charge in [0.05, 0.1) is 39.4 Å². The summed E-state index contributed by atoms with van der Waals surface area (Å²) in [5.41, 5.74) is 10.5. The average Bonchev–Trinajstić information content (AvgIpc) is 3.77. The Morgan fingerprint density at radius 2 is 1.00 bits per heavy atom. The number of benzene rings is 7. The van der Waals surface area contributed by atoms with E-state index in [9.17, 15) is 5.26 Å². The fraction of sp³-hybridized carbons (Fsp3) is 0.0800.